The van der Waals surface area contributed by atoms with Crippen molar-refractivity contribution in [1.82, 2.24) is 14.9 Å². The van der Waals surface area contributed by atoms with Crippen LogP contribution in [-0.4, -0.2) is 47.0 Å². The third kappa shape index (κ3) is 3.26. The van der Waals surface area contributed by atoms with Gasteiger partial charge < -0.3 is 9.80 Å². The van der Waals surface area contributed by atoms with Crippen molar-refractivity contribution in [3.8, 4) is 0 Å². The number of thiazole rings is 1. The molecule has 1 fully saturated rings. The van der Waals surface area contributed by atoms with Crippen LogP contribution in [0.3, 0.4) is 0 Å². The molecular weight excluding hydrogens is 351 g/mol. The van der Waals surface area contributed by atoms with Crippen LogP contribution in [0.5, 0.6) is 0 Å². The summed E-state index contributed by atoms with van der Waals surface area (Å²) in [6, 6.07) is 6.90. The van der Waals surface area contributed by atoms with Gasteiger partial charge in [0.1, 0.15) is 11.3 Å². The summed E-state index contributed by atoms with van der Waals surface area (Å²) < 4.78 is 14.8. The SMILES string of the molecule is Cc1cncc(C(=O)N2CCCN(c3nc4c(F)cccc4s3)CC2)c1. The van der Waals surface area contributed by atoms with Crippen LogP contribution in [0.2, 0.25) is 0 Å². The number of benzene rings is 1. The van der Waals surface area contributed by atoms with Crippen molar-refractivity contribution in [2.45, 2.75) is 13.3 Å². The van der Waals surface area contributed by atoms with Gasteiger partial charge in [-0.2, -0.15) is 0 Å². The first-order valence-electron chi connectivity index (χ1n) is 8.63. The maximum Gasteiger partial charge on any atom is 0.255 e. The number of rotatable bonds is 2. The van der Waals surface area contributed by atoms with Crippen LogP contribution in [0.1, 0.15) is 22.3 Å². The lowest BCUT2D eigenvalue weighted by Crippen LogP contribution is -2.35. The molecule has 0 N–H and O–H groups in total. The summed E-state index contributed by atoms with van der Waals surface area (Å²) in [7, 11) is 0. The summed E-state index contributed by atoms with van der Waals surface area (Å²) in [5, 5.41) is 0.816. The first kappa shape index (κ1) is 16.9. The van der Waals surface area contributed by atoms with Gasteiger partial charge in [-0.05, 0) is 37.1 Å². The van der Waals surface area contributed by atoms with Gasteiger partial charge in [0.05, 0.1) is 10.3 Å². The average molecular weight is 370 g/mol. The molecule has 1 saturated heterocycles. The Bertz CT molecular complexity index is 958. The maximum absolute atomic E-state index is 13.9. The number of fused-ring (bicyclic) bond motifs is 1. The van der Waals surface area contributed by atoms with Gasteiger partial charge >= 0.3 is 0 Å². The number of nitrogens with zero attached hydrogens (tertiary/aromatic N) is 4. The Morgan fingerprint density at radius 2 is 2.08 bits per heavy atom. The van der Waals surface area contributed by atoms with Gasteiger partial charge in [-0.15, -0.1) is 0 Å². The van der Waals surface area contributed by atoms with E-state index in [1.807, 2.05) is 24.0 Å². The van der Waals surface area contributed by atoms with E-state index in [1.54, 1.807) is 18.5 Å². The lowest BCUT2D eigenvalue weighted by Gasteiger charge is -2.21. The molecule has 0 atom stereocenters. The van der Waals surface area contributed by atoms with Crippen LogP contribution >= 0.6 is 11.3 Å². The highest BCUT2D eigenvalue weighted by Crippen LogP contribution is 2.30. The van der Waals surface area contributed by atoms with Crippen molar-refractivity contribution in [2.75, 3.05) is 31.1 Å². The topological polar surface area (TPSA) is 49.3 Å². The molecule has 0 saturated carbocycles. The van der Waals surface area contributed by atoms with Gasteiger partial charge in [-0.25, -0.2) is 9.37 Å². The molecule has 1 aromatic carbocycles. The van der Waals surface area contributed by atoms with Crippen LogP contribution in [-0.2, 0) is 0 Å². The Labute approximate surface area is 155 Å². The molecule has 0 radical (unpaired) electrons. The molecule has 3 aromatic rings. The Balaban J connectivity index is 1.50. The highest BCUT2D eigenvalue weighted by Gasteiger charge is 2.22. The Hall–Kier alpha value is -2.54. The molecule has 0 aliphatic carbocycles. The van der Waals surface area contributed by atoms with Crippen LogP contribution < -0.4 is 4.90 Å². The molecule has 26 heavy (non-hydrogen) atoms. The summed E-state index contributed by atoms with van der Waals surface area (Å²) in [5.41, 5.74) is 2.03. The van der Waals surface area contributed by atoms with Crippen molar-refractivity contribution in [2.24, 2.45) is 0 Å². The van der Waals surface area contributed by atoms with Gasteiger partial charge in [0.15, 0.2) is 5.13 Å². The fourth-order valence-electron chi connectivity index (χ4n) is 3.20. The van der Waals surface area contributed by atoms with Crippen LogP contribution in [0.15, 0.2) is 36.7 Å². The molecule has 1 aliphatic rings. The molecule has 0 bridgehead atoms. The molecule has 0 unspecified atom stereocenters. The third-order valence-corrected chi connectivity index (χ3v) is 5.62. The number of para-hydroxylation sites is 1. The predicted molar refractivity (Wildman–Crippen MR) is 101 cm³/mol. The number of carbonyl (C=O) groups is 1. The number of halogens is 1. The molecular formula is C19H19FN4OS. The number of hydrogen-bond donors (Lipinski definition) is 0. The summed E-state index contributed by atoms with van der Waals surface area (Å²) in [6.45, 7) is 4.73. The van der Waals surface area contributed by atoms with Crippen molar-refractivity contribution in [3.63, 3.8) is 0 Å². The summed E-state index contributed by atoms with van der Waals surface area (Å²) in [6.07, 6.45) is 4.21. The monoisotopic (exact) mass is 370 g/mol. The third-order valence-electron chi connectivity index (χ3n) is 4.53. The second-order valence-electron chi connectivity index (χ2n) is 6.47. The highest BCUT2D eigenvalue weighted by molar-refractivity contribution is 7.22. The maximum atomic E-state index is 13.9. The zero-order chi connectivity index (χ0) is 18.1. The van der Waals surface area contributed by atoms with E-state index in [0.717, 1.165) is 28.4 Å². The van der Waals surface area contributed by atoms with Crippen molar-refractivity contribution in [1.29, 1.82) is 0 Å². The van der Waals surface area contributed by atoms with Crippen molar-refractivity contribution in [3.05, 3.63) is 53.6 Å². The van der Waals surface area contributed by atoms with E-state index in [0.29, 0.717) is 30.7 Å². The largest absolute Gasteiger partial charge is 0.346 e. The molecule has 2 aromatic heterocycles. The van der Waals surface area contributed by atoms with E-state index in [-0.39, 0.29) is 11.7 Å². The van der Waals surface area contributed by atoms with Crippen LogP contribution in [0.4, 0.5) is 9.52 Å². The minimum absolute atomic E-state index is 0.0124. The zero-order valence-electron chi connectivity index (χ0n) is 14.5. The fourth-order valence-corrected chi connectivity index (χ4v) is 4.24. The molecule has 0 spiro atoms. The number of hydrogen-bond acceptors (Lipinski definition) is 5. The van der Waals surface area contributed by atoms with E-state index in [4.69, 9.17) is 0 Å². The summed E-state index contributed by atoms with van der Waals surface area (Å²) in [5.74, 6) is -0.276. The van der Waals surface area contributed by atoms with E-state index in [9.17, 15) is 9.18 Å². The summed E-state index contributed by atoms with van der Waals surface area (Å²) in [4.78, 5) is 25.3. The van der Waals surface area contributed by atoms with Gasteiger partial charge in [0.25, 0.3) is 5.91 Å². The minimum Gasteiger partial charge on any atom is -0.346 e. The molecule has 3 heterocycles. The number of anilines is 1. The first-order valence-corrected chi connectivity index (χ1v) is 9.44. The van der Waals surface area contributed by atoms with E-state index in [2.05, 4.69) is 14.9 Å². The quantitative estimate of drug-likeness (QED) is 0.693. The van der Waals surface area contributed by atoms with Crippen molar-refractivity contribution < 1.29 is 9.18 Å². The van der Waals surface area contributed by atoms with Gasteiger partial charge in [-0.1, -0.05) is 17.4 Å². The molecule has 4 rings (SSSR count). The van der Waals surface area contributed by atoms with Crippen LogP contribution in [0.25, 0.3) is 10.2 Å². The number of amides is 1. The van der Waals surface area contributed by atoms with Gasteiger partial charge in [0.2, 0.25) is 0 Å². The minimum atomic E-state index is -0.288. The fraction of sp³-hybridized carbons (Fsp3) is 0.316. The van der Waals surface area contributed by atoms with Gasteiger partial charge in [-0.3, -0.25) is 9.78 Å². The molecule has 1 aliphatic heterocycles. The van der Waals surface area contributed by atoms with E-state index in [1.165, 1.54) is 17.4 Å². The number of aryl methyl sites for hydroxylation is 1. The standard InChI is InChI=1S/C19H19FN4OS/c1-13-10-14(12-21-11-13)18(25)23-6-3-7-24(9-8-23)19-22-17-15(20)4-2-5-16(17)26-19/h2,4-5,10-12H,3,6-9H2,1H3. The number of aromatic nitrogens is 2. The zero-order valence-corrected chi connectivity index (χ0v) is 15.3. The second kappa shape index (κ2) is 6.99. The van der Waals surface area contributed by atoms with E-state index >= 15 is 0 Å². The number of carbonyl (C=O) groups excluding carboxylic acids is 1. The van der Waals surface area contributed by atoms with Gasteiger partial charge in [0, 0.05) is 38.6 Å². The average Bonchev–Trinajstić information content (AvgIpc) is 2.93. The van der Waals surface area contributed by atoms with E-state index < -0.39 is 0 Å². The molecule has 7 heteroatoms. The molecule has 1 amide bonds. The highest BCUT2D eigenvalue weighted by atomic mass is 32.1. The summed E-state index contributed by atoms with van der Waals surface area (Å²) >= 11 is 1.50. The normalized spacial score (nSPS) is 15.3. The number of pyridine rings is 1. The van der Waals surface area contributed by atoms with Crippen LogP contribution in [0, 0.1) is 12.7 Å². The second-order valence-corrected chi connectivity index (χ2v) is 7.48. The first-order chi connectivity index (χ1) is 12.6. The lowest BCUT2D eigenvalue weighted by molar-refractivity contribution is 0.0766. The van der Waals surface area contributed by atoms with Crippen molar-refractivity contribution >= 4 is 32.6 Å². The Morgan fingerprint density at radius 3 is 2.88 bits per heavy atom. The Kier molecular flexibility index (Phi) is 4.55. The molecule has 134 valence electrons. The lowest BCUT2D eigenvalue weighted by atomic mass is 10.2. The smallest absolute Gasteiger partial charge is 0.255 e. The predicted octanol–water partition coefficient (Wildman–Crippen LogP) is 3.49. The molecule has 5 nitrogen and oxygen atoms in total. The Morgan fingerprint density at radius 1 is 1.19 bits per heavy atom.